The Morgan fingerprint density at radius 2 is 1.88 bits per heavy atom. The van der Waals surface area contributed by atoms with Crippen LogP contribution in [0.25, 0.3) is 0 Å². The SMILES string of the molecule is CC(=O)CC(=O)NC(C)c1ccc(F)cc1. The summed E-state index contributed by atoms with van der Waals surface area (Å²) in [6, 6.07) is 5.65. The zero-order valence-corrected chi connectivity index (χ0v) is 9.29. The predicted molar refractivity (Wildman–Crippen MR) is 58.3 cm³/mol. The summed E-state index contributed by atoms with van der Waals surface area (Å²) in [6.07, 6.45) is -0.120. The van der Waals surface area contributed by atoms with Crippen molar-refractivity contribution in [3.8, 4) is 0 Å². The van der Waals surface area contributed by atoms with Gasteiger partial charge in [-0.25, -0.2) is 4.39 Å². The van der Waals surface area contributed by atoms with Crippen molar-refractivity contribution in [2.75, 3.05) is 0 Å². The second kappa shape index (κ2) is 5.39. The van der Waals surface area contributed by atoms with Crippen molar-refractivity contribution in [3.05, 3.63) is 35.6 Å². The van der Waals surface area contributed by atoms with Crippen LogP contribution in [0.5, 0.6) is 0 Å². The number of carbonyl (C=O) groups is 2. The maximum absolute atomic E-state index is 12.7. The molecule has 1 aromatic rings. The van der Waals surface area contributed by atoms with Gasteiger partial charge in [-0.05, 0) is 31.5 Å². The molecule has 1 unspecified atom stereocenters. The zero-order chi connectivity index (χ0) is 12.1. The summed E-state index contributed by atoms with van der Waals surface area (Å²) in [5.41, 5.74) is 0.804. The van der Waals surface area contributed by atoms with E-state index < -0.39 is 0 Å². The Morgan fingerprint density at radius 3 is 2.38 bits per heavy atom. The first-order valence-corrected chi connectivity index (χ1v) is 5.03. The van der Waals surface area contributed by atoms with E-state index in [1.165, 1.54) is 19.1 Å². The molecule has 0 saturated carbocycles. The van der Waals surface area contributed by atoms with Gasteiger partial charge in [-0.2, -0.15) is 0 Å². The van der Waals surface area contributed by atoms with E-state index in [-0.39, 0.29) is 30.0 Å². The Kier molecular flexibility index (Phi) is 4.17. The lowest BCUT2D eigenvalue weighted by atomic mass is 10.1. The molecule has 0 bridgehead atoms. The van der Waals surface area contributed by atoms with Crippen LogP contribution >= 0.6 is 0 Å². The highest BCUT2D eigenvalue weighted by Gasteiger charge is 2.10. The summed E-state index contributed by atoms with van der Waals surface area (Å²) in [5, 5.41) is 2.66. The van der Waals surface area contributed by atoms with Crippen LogP contribution in [0.4, 0.5) is 4.39 Å². The van der Waals surface area contributed by atoms with E-state index in [0.717, 1.165) is 5.56 Å². The standard InChI is InChI=1S/C12H14FNO2/c1-8(15)7-12(16)14-9(2)10-3-5-11(13)6-4-10/h3-6,9H,7H2,1-2H3,(H,14,16). The highest BCUT2D eigenvalue weighted by Crippen LogP contribution is 2.12. The summed E-state index contributed by atoms with van der Waals surface area (Å²) in [4.78, 5) is 22.0. The molecule has 0 aliphatic heterocycles. The predicted octanol–water partition coefficient (Wildman–Crippen LogP) is 1.98. The molecular formula is C12H14FNO2. The van der Waals surface area contributed by atoms with Crippen molar-refractivity contribution in [3.63, 3.8) is 0 Å². The number of nitrogens with one attached hydrogen (secondary N) is 1. The Labute approximate surface area is 93.7 Å². The molecule has 0 heterocycles. The lowest BCUT2D eigenvalue weighted by Crippen LogP contribution is -2.27. The first kappa shape index (κ1) is 12.4. The van der Waals surface area contributed by atoms with Crippen LogP contribution in [0, 0.1) is 5.82 Å². The number of hydrogen-bond acceptors (Lipinski definition) is 2. The number of amides is 1. The largest absolute Gasteiger partial charge is 0.349 e. The molecule has 3 nitrogen and oxygen atoms in total. The Balaban J connectivity index is 2.58. The van der Waals surface area contributed by atoms with Crippen LogP contribution in [-0.2, 0) is 9.59 Å². The van der Waals surface area contributed by atoms with Crippen molar-refractivity contribution >= 4 is 11.7 Å². The van der Waals surface area contributed by atoms with Gasteiger partial charge in [0.1, 0.15) is 11.6 Å². The van der Waals surface area contributed by atoms with Gasteiger partial charge in [0, 0.05) is 0 Å². The molecule has 0 radical (unpaired) electrons. The highest BCUT2D eigenvalue weighted by atomic mass is 19.1. The normalized spacial score (nSPS) is 11.9. The second-order valence-electron chi connectivity index (χ2n) is 3.72. The van der Waals surface area contributed by atoms with Gasteiger partial charge >= 0.3 is 0 Å². The third-order valence-electron chi connectivity index (χ3n) is 2.16. The molecule has 1 N–H and O–H groups in total. The molecule has 0 saturated heterocycles. The first-order chi connectivity index (χ1) is 7.49. The molecule has 16 heavy (non-hydrogen) atoms. The van der Waals surface area contributed by atoms with Crippen molar-refractivity contribution < 1.29 is 14.0 Å². The fourth-order valence-electron chi connectivity index (χ4n) is 1.35. The van der Waals surface area contributed by atoms with E-state index in [4.69, 9.17) is 0 Å². The first-order valence-electron chi connectivity index (χ1n) is 5.03. The number of ketones is 1. The van der Waals surface area contributed by atoms with Gasteiger partial charge in [0.2, 0.25) is 5.91 Å². The van der Waals surface area contributed by atoms with Gasteiger partial charge in [0.15, 0.2) is 0 Å². The molecule has 4 heteroatoms. The van der Waals surface area contributed by atoms with Crippen molar-refractivity contribution in [2.24, 2.45) is 0 Å². The number of carbonyl (C=O) groups excluding carboxylic acids is 2. The van der Waals surface area contributed by atoms with Gasteiger partial charge in [0.25, 0.3) is 0 Å². The van der Waals surface area contributed by atoms with E-state index in [1.54, 1.807) is 19.1 Å². The zero-order valence-electron chi connectivity index (χ0n) is 9.29. The van der Waals surface area contributed by atoms with E-state index in [9.17, 15) is 14.0 Å². The number of rotatable bonds is 4. The number of hydrogen-bond donors (Lipinski definition) is 1. The summed E-state index contributed by atoms with van der Waals surface area (Å²) in [6.45, 7) is 3.15. The summed E-state index contributed by atoms with van der Waals surface area (Å²) in [5.74, 6) is -0.806. The minimum absolute atomic E-state index is 0.120. The Morgan fingerprint density at radius 1 is 1.31 bits per heavy atom. The van der Waals surface area contributed by atoms with Gasteiger partial charge in [-0.3, -0.25) is 9.59 Å². The second-order valence-corrected chi connectivity index (χ2v) is 3.72. The molecule has 1 rings (SSSR count). The molecule has 86 valence electrons. The quantitative estimate of drug-likeness (QED) is 0.793. The number of benzene rings is 1. The Hall–Kier alpha value is -1.71. The van der Waals surface area contributed by atoms with E-state index in [0.29, 0.717) is 0 Å². The van der Waals surface area contributed by atoms with Crippen LogP contribution in [0.3, 0.4) is 0 Å². The molecule has 0 aliphatic rings. The number of halogens is 1. The van der Waals surface area contributed by atoms with Gasteiger partial charge in [-0.15, -0.1) is 0 Å². The minimum atomic E-state index is -0.315. The molecule has 1 amide bonds. The molecule has 0 spiro atoms. The molecule has 0 aromatic heterocycles. The smallest absolute Gasteiger partial charge is 0.227 e. The minimum Gasteiger partial charge on any atom is -0.349 e. The monoisotopic (exact) mass is 223 g/mol. The Bertz CT molecular complexity index is 387. The van der Waals surface area contributed by atoms with Gasteiger partial charge < -0.3 is 5.32 Å². The van der Waals surface area contributed by atoms with E-state index in [1.807, 2.05) is 0 Å². The van der Waals surface area contributed by atoms with Gasteiger partial charge in [-0.1, -0.05) is 12.1 Å². The van der Waals surface area contributed by atoms with Crippen LogP contribution in [0.15, 0.2) is 24.3 Å². The van der Waals surface area contributed by atoms with Crippen LogP contribution in [0.2, 0.25) is 0 Å². The fraction of sp³-hybridized carbons (Fsp3) is 0.333. The molecule has 0 fully saturated rings. The maximum atomic E-state index is 12.7. The molecule has 1 aromatic carbocycles. The van der Waals surface area contributed by atoms with Crippen LogP contribution in [0.1, 0.15) is 31.9 Å². The van der Waals surface area contributed by atoms with Crippen LogP contribution < -0.4 is 5.32 Å². The average molecular weight is 223 g/mol. The van der Waals surface area contributed by atoms with Crippen molar-refractivity contribution in [2.45, 2.75) is 26.3 Å². The topological polar surface area (TPSA) is 46.2 Å². The van der Waals surface area contributed by atoms with Crippen molar-refractivity contribution in [1.29, 1.82) is 0 Å². The highest BCUT2D eigenvalue weighted by molar-refractivity contribution is 5.96. The third-order valence-corrected chi connectivity index (χ3v) is 2.16. The summed E-state index contributed by atoms with van der Waals surface area (Å²) >= 11 is 0. The summed E-state index contributed by atoms with van der Waals surface area (Å²) < 4.78 is 12.7. The third kappa shape index (κ3) is 3.81. The van der Waals surface area contributed by atoms with E-state index in [2.05, 4.69) is 5.32 Å². The van der Waals surface area contributed by atoms with Gasteiger partial charge in [0.05, 0.1) is 12.5 Å². The molecule has 1 atom stereocenters. The maximum Gasteiger partial charge on any atom is 0.227 e. The lowest BCUT2D eigenvalue weighted by Gasteiger charge is -2.13. The van der Waals surface area contributed by atoms with Crippen LogP contribution in [-0.4, -0.2) is 11.7 Å². The van der Waals surface area contributed by atoms with Crippen molar-refractivity contribution in [1.82, 2.24) is 5.32 Å². The lowest BCUT2D eigenvalue weighted by molar-refractivity contribution is -0.127. The summed E-state index contributed by atoms with van der Waals surface area (Å²) in [7, 11) is 0. The number of Topliss-reactive ketones (excluding diaryl/α,β-unsaturated/α-hetero) is 1. The molecule has 0 aliphatic carbocycles. The molecular weight excluding hydrogens is 209 g/mol. The average Bonchev–Trinajstić information content (AvgIpc) is 2.16. The van der Waals surface area contributed by atoms with E-state index >= 15 is 0 Å². The fourth-order valence-corrected chi connectivity index (χ4v) is 1.35.